The highest BCUT2D eigenvalue weighted by atomic mass is 32.2. The number of carbonyl (C=O) groups excluding carboxylic acids is 1. The molecule has 1 N–H and O–H groups in total. The first kappa shape index (κ1) is 19.3. The molecule has 1 amide bonds. The third-order valence-electron chi connectivity index (χ3n) is 4.21. The summed E-state index contributed by atoms with van der Waals surface area (Å²) < 4.78 is 27.1. The Labute approximate surface area is 149 Å². The monoisotopic (exact) mass is 370 g/mol. The Morgan fingerprint density at radius 2 is 2.00 bits per heavy atom. The second kappa shape index (κ2) is 8.36. The Hall–Kier alpha value is -1.05. The van der Waals surface area contributed by atoms with E-state index in [0.717, 1.165) is 24.8 Å². The lowest BCUT2D eigenvalue weighted by atomic mass is 10.1. The second-order valence-electron chi connectivity index (χ2n) is 6.12. The first-order chi connectivity index (χ1) is 11.4. The molecule has 0 bridgehead atoms. The van der Waals surface area contributed by atoms with Crippen LogP contribution < -0.4 is 5.32 Å². The number of thioether (sulfide) groups is 1. The standard InChI is InChI=1S/C17H26N2O3S2/c1-4-6-14-7-9-15(10-8-14)24(21,22)19-12-23-11-16(19)17(20)18-13(3)5-2/h7-10,13,16H,4-6,11-12H2,1-3H3,(H,18,20). The summed E-state index contributed by atoms with van der Waals surface area (Å²) in [4.78, 5) is 12.7. The summed E-state index contributed by atoms with van der Waals surface area (Å²) in [6, 6.07) is 6.41. The summed E-state index contributed by atoms with van der Waals surface area (Å²) >= 11 is 1.47. The van der Waals surface area contributed by atoms with Crippen LogP contribution in [0.15, 0.2) is 29.2 Å². The lowest BCUT2D eigenvalue weighted by molar-refractivity contribution is -0.124. The van der Waals surface area contributed by atoms with Crippen molar-refractivity contribution in [3.05, 3.63) is 29.8 Å². The third-order valence-corrected chi connectivity index (χ3v) is 7.26. The molecular weight excluding hydrogens is 344 g/mol. The maximum Gasteiger partial charge on any atom is 0.244 e. The van der Waals surface area contributed by atoms with Crippen molar-refractivity contribution in [2.45, 2.75) is 57.0 Å². The minimum absolute atomic E-state index is 0.0426. The topological polar surface area (TPSA) is 66.5 Å². The first-order valence-electron chi connectivity index (χ1n) is 8.39. The van der Waals surface area contributed by atoms with E-state index >= 15 is 0 Å². The first-order valence-corrected chi connectivity index (χ1v) is 11.0. The number of nitrogens with one attached hydrogen (secondary N) is 1. The van der Waals surface area contributed by atoms with E-state index in [2.05, 4.69) is 12.2 Å². The molecule has 1 aromatic carbocycles. The highest BCUT2D eigenvalue weighted by Gasteiger charge is 2.40. The van der Waals surface area contributed by atoms with Crippen molar-refractivity contribution in [1.82, 2.24) is 9.62 Å². The molecule has 0 radical (unpaired) electrons. The highest BCUT2D eigenvalue weighted by molar-refractivity contribution is 8.00. The van der Waals surface area contributed by atoms with Crippen LogP contribution in [-0.2, 0) is 21.2 Å². The van der Waals surface area contributed by atoms with Gasteiger partial charge in [-0.3, -0.25) is 4.79 Å². The number of benzene rings is 1. The molecule has 0 aliphatic carbocycles. The molecule has 0 saturated carbocycles. The minimum atomic E-state index is -3.66. The van der Waals surface area contributed by atoms with Gasteiger partial charge in [0.1, 0.15) is 6.04 Å². The zero-order chi connectivity index (χ0) is 17.7. The van der Waals surface area contributed by atoms with Gasteiger partial charge in [0.15, 0.2) is 0 Å². The lowest BCUT2D eigenvalue weighted by Crippen LogP contribution is -2.49. The summed E-state index contributed by atoms with van der Waals surface area (Å²) in [7, 11) is -3.66. The Bertz CT molecular complexity index is 659. The Morgan fingerprint density at radius 1 is 1.33 bits per heavy atom. The summed E-state index contributed by atoms with van der Waals surface area (Å²) in [5.41, 5.74) is 1.12. The SMILES string of the molecule is CCCc1ccc(S(=O)(=O)N2CSCC2C(=O)NC(C)CC)cc1. The van der Waals surface area contributed by atoms with Crippen LogP contribution in [0.5, 0.6) is 0 Å². The molecule has 7 heteroatoms. The number of nitrogens with zero attached hydrogens (tertiary/aromatic N) is 1. The third kappa shape index (κ3) is 4.32. The largest absolute Gasteiger partial charge is 0.352 e. The number of aryl methyl sites for hydroxylation is 1. The number of amides is 1. The van der Waals surface area contributed by atoms with Crippen LogP contribution in [0.25, 0.3) is 0 Å². The number of rotatable bonds is 7. The average Bonchev–Trinajstić information content (AvgIpc) is 3.06. The van der Waals surface area contributed by atoms with Gasteiger partial charge in [0.05, 0.1) is 10.8 Å². The number of hydrogen-bond donors (Lipinski definition) is 1. The maximum absolute atomic E-state index is 12.9. The zero-order valence-electron chi connectivity index (χ0n) is 14.5. The molecule has 0 spiro atoms. The minimum Gasteiger partial charge on any atom is -0.352 e. The van der Waals surface area contributed by atoms with Crippen molar-refractivity contribution in [2.24, 2.45) is 0 Å². The fraction of sp³-hybridized carbons (Fsp3) is 0.588. The highest BCUT2D eigenvalue weighted by Crippen LogP contribution is 2.28. The van der Waals surface area contributed by atoms with E-state index in [4.69, 9.17) is 0 Å². The van der Waals surface area contributed by atoms with Crippen LogP contribution in [0, 0.1) is 0 Å². The molecule has 1 heterocycles. The molecule has 5 nitrogen and oxygen atoms in total. The van der Waals surface area contributed by atoms with Crippen molar-refractivity contribution in [2.75, 3.05) is 11.6 Å². The molecule has 2 unspecified atom stereocenters. The van der Waals surface area contributed by atoms with Gasteiger partial charge in [0, 0.05) is 11.8 Å². The fourth-order valence-electron chi connectivity index (χ4n) is 2.56. The lowest BCUT2D eigenvalue weighted by Gasteiger charge is -2.24. The average molecular weight is 371 g/mol. The molecule has 1 saturated heterocycles. The van der Waals surface area contributed by atoms with E-state index in [-0.39, 0.29) is 16.8 Å². The molecule has 1 aliphatic heterocycles. The van der Waals surface area contributed by atoms with Gasteiger partial charge < -0.3 is 5.32 Å². The van der Waals surface area contributed by atoms with Crippen molar-refractivity contribution >= 4 is 27.7 Å². The molecule has 2 rings (SSSR count). The summed E-state index contributed by atoms with van der Waals surface area (Å²) in [6.45, 7) is 6.00. The van der Waals surface area contributed by atoms with Crippen LogP contribution in [0.1, 0.15) is 39.2 Å². The van der Waals surface area contributed by atoms with Gasteiger partial charge in [-0.15, -0.1) is 11.8 Å². The van der Waals surface area contributed by atoms with Crippen molar-refractivity contribution in [1.29, 1.82) is 0 Å². The van der Waals surface area contributed by atoms with Gasteiger partial charge in [-0.1, -0.05) is 32.4 Å². The fourth-order valence-corrected chi connectivity index (χ4v) is 5.71. The normalized spacial score (nSPS) is 20.0. The van der Waals surface area contributed by atoms with Crippen molar-refractivity contribution < 1.29 is 13.2 Å². The van der Waals surface area contributed by atoms with Gasteiger partial charge in [-0.2, -0.15) is 4.31 Å². The summed E-state index contributed by atoms with van der Waals surface area (Å²) in [6.07, 6.45) is 2.77. The van der Waals surface area contributed by atoms with Crippen molar-refractivity contribution in [3.63, 3.8) is 0 Å². The molecule has 1 aromatic rings. The Morgan fingerprint density at radius 3 is 2.58 bits per heavy atom. The molecule has 1 fully saturated rings. The van der Waals surface area contributed by atoms with Gasteiger partial charge in [0.2, 0.25) is 15.9 Å². The number of hydrogen-bond acceptors (Lipinski definition) is 4. The van der Waals surface area contributed by atoms with Gasteiger partial charge >= 0.3 is 0 Å². The predicted molar refractivity (Wildman–Crippen MR) is 98.5 cm³/mol. The second-order valence-corrected chi connectivity index (χ2v) is 9.01. The Kier molecular flexibility index (Phi) is 6.71. The predicted octanol–water partition coefficient (Wildman–Crippen LogP) is 2.62. The number of carbonyl (C=O) groups is 1. The van der Waals surface area contributed by atoms with Crippen LogP contribution in [-0.4, -0.2) is 42.3 Å². The van der Waals surface area contributed by atoms with Crippen LogP contribution in [0.4, 0.5) is 0 Å². The molecular formula is C17H26N2O3S2. The maximum atomic E-state index is 12.9. The van der Waals surface area contributed by atoms with Crippen LogP contribution in [0.2, 0.25) is 0 Å². The molecule has 2 atom stereocenters. The van der Waals surface area contributed by atoms with E-state index in [1.165, 1.54) is 16.1 Å². The van der Waals surface area contributed by atoms with E-state index in [0.29, 0.717) is 11.6 Å². The van der Waals surface area contributed by atoms with E-state index in [9.17, 15) is 13.2 Å². The summed E-state index contributed by atoms with van der Waals surface area (Å²) in [5.74, 6) is 0.605. The zero-order valence-corrected chi connectivity index (χ0v) is 16.1. The molecule has 24 heavy (non-hydrogen) atoms. The van der Waals surface area contributed by atoms with Crippen molar-refractivity contribution in [3.8, 4) is 0 Å². The number of sulfonamides is 1. The molecule has 1 aliphatic rings. The molecule has 134 valence electrons. The van der Waals surface area contributed by atoms with Gasteiger partial charge in [0.25, 0.3) is 0 Å². The Balaban J connectivity index is 2.19. The summed E-state index contributed by atoms with van der Waals surface area (Å²) in [5, 5.41) is 2.89. The van der Waals surface area contributed by atoms with Crippen LogP contribution >= 0.6 is 11.8 Å². The van der Waals surface area contributed by atoms with Gasteiger partial charge in [-0.25, -0.2) is 8.42 Å². The van der Waals surface area contributed by atoms with Gasteiger partial charge in [-0.05, 0) is 37.5 Å². The van der Waals surface area contributed by atoms with E-state index in [1.807, 2.05) is 26.0 Å². The molecule has 0 aromatic heterocycles. The quantitative estimate of drug-likeness (QED) is 0.801. The van der Waals surface area contributed by atoms with E-state index < -0.39 is 16.1 Å². The van der Waals surface area contributed by atoms with E-state index in [1.54, 1.807) is 12.1 Å². The smallest absolute Gasteiger partial charge is 0.244 e. The van der Waals surface area contributed by atoms with Crippen LogP contribution in [0.3, 0.4) is 0 Å².